The quantitative estimate of drug-likeness (QED) is 0.857. The summed E-state index contributed by atoms with van der Waals surface area (Å²) in [6.45, 7) is 12.8. The molecule has 1 aromatic carbocycles. The summed E-state index contributed by atoms with van der Waals surface area (Å²) >= 11 is 0. The standard InChI is InChI=1S/C19H29N3O/c1-13(2)19(6,23)12-20-14(3)18-15(4)21-22(16(18)5)17-10-8-7-9-11-17/h7-11,13-14,20,23H,12H2,1-6H3. The zero-order valence-electron chi connectivity index (χ0n) is 15.1. The molecule has 1 aromatic heterocycles. The lowest BCUT2D eigenvalue weighted by molar-refractivity contribution is 0.0121. The lowest BCUT2D eigenvalue weighted by atomic mass is 9.92. The number of hydrogen-bond acceptors (Lipinski definition) is 3. The Labute approximate surface area is 139 Å². The van der Waals surface area contributed by atoms with Gasteiger partial charge in [0.15, 0.2) is 0 Å². The molecule has 2 rings (SSSR count). The number of nitrogens with zero attached hydrogens (tertiary/aromatic N) is 2. The Morgan fingerprint density at radius 3 is 2.35 bits per heavy atom. The summed E-state index contributed by atoms with van der Waals surface area (Å²) < 4.78 is 1.99. The van der Waals surface area contributed by atoms with Crippen LogP contribution in [0.4, 0.5) is 0 Å². The monoisotopic (exact) mass is 315 g/mol. The number of hydrogen-bond donors (Lipinski definition) is 2. The predicted molar refractivity (Wildman–Crippen MR) is 94.9 cm³/mol. The molecule has 0 aliphatic heterocycles. The summed E-state index contributed by atoms with van der Waals surface area (Å²) in [4.78, 5) is 0. The average molecular weight is 315 g/mol. The molecule has 126 valence electrons. The predicted octanol–water partition coefficient (Wildman–Crippen LogP) is 3.55. The normalized spacial score (nSPS) is 15.7. The van der Waals surface area contributed by atoms with Gasteiger partial charge in [-0.05, 0) is 45.7 Å². The van der Waals surface area contributed by atoms with Crippen molar-refractivity contribution in [1.82, 2.24) is 15.1 Å². The zero-order valence-corrected chi connectivity index (χ0v) is 15.1. The van der Waals surface area contributed by atoms with Crippen molar-refractivity contribution in [2.45, 2.75) is 53.2 Å². The Morgan fingerprint density at radius 1 is 1.17 bits per heavy atom. The van der Waals surface area contributed by atoms with Crippen LogP contribution in [0.3, 0.4) is 0 Å². The molecule has 0 aliphatic carbocycles. The Bertz CT molecular complexity index is 644. The number of aromatic nitrogens is 2. The molecular formula is C19H29N3O. The highest BCUT2D eigenvalue weighted by atomic mass is 16.3. The number of para-hydroxylation sites is 1. The van der Waals surface area contributed by atoms with Gasteiger partial charge in [0.1, 0.15) is 0 Å². The van der Waals surface area contributed by atoms with Crippen LogP contribution < -0.4 is 5.32 Å². The maximum atomic E-state index is 10.4. The van der Waals surface area contributed by atoms with Crippen molar-refractivity contribution in [3.63, 3.8) is 0 Å². The Balaban J connectivity index is 2.22. The van der Waals surface area contributed by atoms with E-state index in [0.717, 1.165) is 17.1 Å². The number of aryl methyl sites for hydroxylation is 1. The minimum Gasteiger partial charge on any atom is -0.389 e. The van der Waals surface area contributed by atoms with Crippen LogP contribution >= 0.6 is 0 Å². The van der Waals surface area contributed by atoms with Crippen LogP contribution in [0.1, 0.15) is 50.7 Å². The van der Waals surface area contributed by atoms with E-state index in [1.165, 1.54) is 5.56 Å². The summed E-state index contributed by atoms with van der Waals surface area (Å²) in [6.07, 6.45) is 0. The van der Waals surface area contributed by atoms with Gasteiger partial charge in [0.2, 0.25) is 0 Å². The molecule has 0 bridgehead atoms. The maximum absolute atomic E-state index is 10.4. The lowest BCUT2D eigenvalue weighted by Crippen LogP contribution is -2.43. The summed E-state index contributed by atoms with van der Waals surface area (Å²) in [6, 6.07) is 10.3. The van der Waals surface area contributed by atoms with Gasteiger partial charge >= 0.3 is 0 Å². The topological polar surface area (TPSA) is 50.1 Å². The molecule has 1 heterocycles. The van der Waals surface area contributed by atoms with E-state index in [4.69, 9.17) is 5.10 Å². The van der Waals surface area contributed by atoms with Crippen molar-refractivity contribution in [2.75, 3.05) is 6.54 Å². The SMILES string of the molecule is Cc1nn(-c2ccccc2)c(C)c1C(C)NCC(C)(O)C(C)C. The van der Waals surface area contributed by atoms with Gasteiger partial charge in [0.05, 0.1) is 17.0 Å². The van der Waals surface area contributed by atoms with Crippen molar-refractivity contribution in [3.8, 4) is 5.69 Å². The van der Waals surface area contributed by atoms with Gasteiger partial charge in [0, 0.05) is 23.8 Å². The van der Waals surface area contributed by atoms with Crippen LogP contribution in [0.25, 0.3) is 5.69 Å². The first-order chi connectivity index (χ1) is 10.7. The fourth-order valence-corrected chi connectivity index (χ4v) is 2.77. The maximum Gasteiger partial charge on any atom is 0.0766 e. The number of aliphatic hydroxyl groups is 1. The van der Waals surface area contributed by atoms with E-state index in [1.54, 1.807) is 0 Å². The van der Waals surface area contributed by atoms with E-state index < -0.39 is 5.60 Å². The molecule has 0 fully saturated rings. The van der Waals surface area contributed by atoms with Gasteiger partial charge in [-0.1, -0.05) is 32.0 Å². The minimum atomic E-state index is -0.717. The molecule has 4 nitrogen and oxygen atoms in total. The van der Waals surface area contributed by atoms with Crippen LogP contribution in [-0.2, 0) is 0 Å². The van der Waals surface area contributed by atoms with Crippen LogP contribution in [0.2, 0.25) is 0 Å². The van der Waals surface area contributed by atoms with Crippen LogP contribution in [0, 0.1) is 19.8 Å². The van der Waals surface area contributed by atoms with Crippen LogP contribution in [-0.4, -0.2) is 27.0 Å². The molecule has 0 spiro atoms. The smallest absolute Gasteiger partial charge is 0.0766 e. The molecule has 0 saturated heterocycles. The third-order valence-electron chi connectivity index (χ3n) is 4.79. The summed E-state index contributed by atoms with van der Waals surface area (Å²) in [5, 5.41) is 18.6. The van der Waals surface area contributed by atoms with Gasteiger partial charge in [0.25, 0.3) is 0 Å². The van der Waals surface area contributed by atoms with Gasteiger partial charge in [-0.2, -0.15) is 5.10 Å². The zero-order chi connectivity index (χ0) is 17.2. The molecule has 23 heavy (non-hydrogen) atoms. The Hall–Kier alpha value is -1.65. The number of rotatable bonds is 6. The highest BCUT2D eigenvalue weighted by Gasteiger charge is 2.26. The van der Waals surface area contributed by atoms with Crippen molar-refractivity contribution >= 4 is 0 Å². The van der Waals surface area contributed by atoms with E-state index in [0.29, 0.717) is 6.54 Å². The molecule has 4 heteroatoms. The number of benzene rings is 1. The van der Waals surface area contributed by atoms with E-state index in [1.807, 2.05) is 50.6 Å². The van der Waals surface area contributed by atoms with E-state index >= 15 is 0 Å². The van der Waals surface area contributed by atoms with Crippen molar-refractivity contribution in [1.29, 1.82) is 0 Å². The van der Waals surface area contributed by atoms with Gasteiger partial charge in [-0.25, -0.2) is 4.68 Å². The molecule has 2 aromatic rings. The summed E-state index contributed by atoms with van der Waals surface area (Å²) in [7, 11) is 0. The molecule has 0 saturated carbocycles. The van der Waals surface area contributed by atoms with Gasteiger partial charge < -0.3 is 10.4 Å². The van der Waals surface area contributed by atoms with Crippen LogP contribution in [0.15, 0.2) is 30.3 Å². The molecule has 0 radical (unpaired) electrons. The average Bonchev–Trinajstić information content (AvgIpc) is 2.80. The Kier molecular flexibility index (Phi) is 5.27. The summed E-state index contributed by atoms with van der Waals surface area (Å²) in [5.74, 6) is 0.205. The van der Waals surface area contributed by atoms with Crippen molar-refractivity contribution < 1.29 is 5.11 Å². The third kappa shape index (κ3) is 3.82. The molecule has 0 aliphatic rings. The van der Waals surface area contributed by atoms with Crippen molar-refractivity contribution in [2.24, 2.45) is 5.92 Å². The minimum absolute atomic E-state index is 0.137. The fourth-order valence-electron chi connectivity index (χ4n) is 2.77. The molecule has 0 amide bonds. The van der Waals surface area contributed by atoms with Crippen LogP contribution in [0.5, 0.6) is 0 Å². The largest absolute Gasteiger partial charge is 0.389 e. The fraction of sp³-hybridized carbons (Fsp3) is 0.526. The van der Waals surface area contributed by atoms with E-state index in [9.17, 15) is 5.11 Å². The second-order valence-electron chi connectivity index (χ2n) is 6.95. The van der Waals surface area contributed by atoms with Crippen molar-refractivity contribution in [3.05, 3.63) is 47.3 Å². The first-order valence-electron chi connectivity index (χ1n) is 8.31. The van der Waals surface area contributed by atoms with E-state index in [-0.39, 0.29) is 12.0 Å². The van der Waals surface area contributed by atoms with Gasteiger partial charge in [-0.15, -0.1) is 0 Å². The lowest BCUT2D eigenvalue weighted by Gasteiger charge is -2.29. The molecular weight excluding hydrogens is 286 g/mol. The second-order valence-corrected chi connectivity index (χ2v) is 6.95. The highest BCUT2D eigenvalue weighted by Crippen LogP contribution is 2.25. The molecule has 2 atom stereocenters. The third-order valence-corrected chi connectivity index (χ3v) is 4.79. The van der Waals surface area contributed by atoms with E-state index in [2.05, 4.69) is 31.3 Å². The second kappa shape index (κ2) is 6.85. The Morgan fingerprint density at radius 2 is 1.78 bits per heavy atom. The highest BCUT2D eigenvalue weighted by molar-refractivity contribution is 5.38. The molecule has 2 N–H and O–H groups in total. The first kappa shape index (κ1) is 17.7. The summed E-state index contributed by atoms with van der Waals surface area (Å²) in [5.41, 5.74) is 3.72. The van der Waals surface area contributed by atoms with Gasteiger partial charge in [-0.3, -0.25) is 0 Å². The number of nitrogens with one attached hydrogen (secondary N) is 1. The molecule has 2 unspecified atom stereocenters. The first-order valence-corrected chi connectivity index (χ1v) is 8.31.